The molecule has 0 amide bonds. The number of carboxylic acid groups (broad SMARTS) is 1. The molecule has 0 atom stereocenters. The Kier molecular flexibility index (Phi) is 2.29. The van der Waals surface area contributed by atoms with Gasteiger partial charge in [0.1, 0.15) is 5.76 Å². The number of aromatic carboxylic acids is 1. The molecule has 78 valence electrons. The van der Waals surface area contributed by atoms with Crippen molar-refractivity contribution in [2.75, 3.05) is 0 Å². The molecule has 2 aromatic rings. The fourth-order valence-corrected chi connectivity index (χ4v) is 1.43. The maximum Gasteiger partial charge on any atom is 0.356 e. The second-order valence-electron chi connectivity index (χ2n) is 3.24. The molecule has 0 aliphatic heterocycles. The molecule has 0 fully saturated rings. The van der Waals surface area contributed by atoms with Crippen molar-refractivity contribution in [1.82, 2.24) is 10.2 Å². The number of nitrogens with zero attached hydrogens (tertiary/aromatic N) is 1. The zero-order valence-corrected chi connectivity index (χ0v) is 8.15. The van der Waals surface area contributed by atoms with Crippen LogP contribution < -0.4 is 0 Å². The van der Waals surface area contributed by atoms with Crippen molar-refractivity contribution in [2.24, 2.45) is 0 Å². The van der Waals surface area contributed by atoms with Crippen molar-refractivity contribution < 1.29 is 14.3 Å². The molecule has 0 aliphatic carbocycles. The van der Waals surface area contributed by atoms with E-state index < -0.39 is 5.97 Å². The second-order valence-corrected chi connectivity index (χ2v) is 3.24. The number of carboxylic acids is 1. The smallest absolute Gasteiger partial charge is 0.356 e. The largest absolute Gasteiger partial charge is 0.476 e. The predicted molar refractivity (Wildman–Crippen MR) is 51.8 cm³/mol. The topological polar surface area (TPSA) is 79.1 Å². The van der Waals surface area contributed by atoms with Gasteiger partial charge in [-0.3, -0.25) is 5.10 Å². The summed E-state index contributed by atoms with van der Waals surface area (Å²) in [4.78, 5) is 10.9. The summed E-state index contributed by atoms with van der Waals surface area (Å²) in [6, 6.07) is 3.57. The maximum absolute atomic E-state index is 10.9. The molecule has 5 heteroatoms. The number of rotatable bonds is 3. The van der Waals surface area contributed by atoms with E-state index >= 15 is 0 Å². The van der Waals surface area contributed by atoms with Crippen molar-refractivity contribution in [2.45, 2.75) is 13.3 Å². The first-order valence-corrected chi connectivity index (χ1v) is 4.48. The third-order valence-electron chi connectivity index (χ3n) is 2.21. The minimum Gasteiger partial charge on any atom is -0.476 e. The van der Waals surface area contributed by atoms with E-state index in [0.717, 1.165) is 11.5 Å². The van der Waals surface area contributed by atoms with Gasteiger partial charge in [0.25, 0.3) is 0 Å². The molecule has 0 aliphatic rings. The van der Waals surface area contributed by atoms with E-state index in [1.54, 1.807) is 25.3 Å². The van der Waals surface area contributed by atoms with Gasteiger partial charge >= 0.3 is 5.97 Å². The number of carbonyl (C=O) groups is 1. The average Bonchev–Trinajstić information content (AvgIpc) is 2.78. The Morgan fingerprint density at radius 2 is 2.47 bits per heavy atom. The van der Waals surface area contributed by atoms with Crippen LogP contribution in [-0.2, 0) is 6.42 Å². The van der Waals surface area contributed by atoms with Gasteiger partial charge in [-0.15, -0.1) is 0 Å². The summed E-state index contributed by atoms with van der Waals surface area (Å²) < 4.78 is 5.16. The highest BCUT2D eigenvalue weighted by molar-refractivity contribution is 5.87. The monoisotopic (exact) mass is 206 g/mol. The van der Waals surface area contributed by atoms with Gasteiger partial charge in [0.2, 0.25) is 0 Å². The van der Waals surface area contributed by atoms with Crippen LogP contribution in [0.2, 0.25) is 0 Å². The normalized spacial score (nSPS) is 10.5. The van der Waals surface area contributed by atoms with E-state index in [1.807, 2.05) is 0 Å². The van der Waals surface area contributed by atoms with E-state index in [1.165, 1.54) is 0 Å². The molecule has 0 bridgehead atoms. The fourth-order valence-electron chi connectivity index (χ4n) is 1.43. The molecule has 2 heterocycles. The number of hydrogen-bond acceptors (Lipinski definition) is 3. The Morgan fingerprint density at radius 3 is 3.07 bits per heavy atom. The van der Waals surface area contributed by atoms with Crippen LogP contribution in [0.4, 0.5) is 0 Å². The molecule has 2 rings (SSSR count). The van der Waals surface area contributed by atoms with E-state index in [-0.39, 0.29) is 5.69 Å². The highest BCUT2D eigenvalue weighted by Crippen LogP contribution is 2.16. The molecule has 0 spiro atoms. The van der Waals surface area contributed by atoms with Crippen molar-refractivity contribution in [1.29, 1.82) is 0 Å². The molecule has 0 saturated heterocycles. The zero-order valence-electron chi connectivity index (χ0n) is 8.15. The first-order valence-electron chi connectivity index (χ1n) is 4.48. The van der Waals surface area contributed by atoms with Gasteiger partial charge in [0.15, 0.2) is 5.69 Å². The highest BCUT2D eigenvalue weighted by atomic mass is 16.4. The van der Waals surface area contributed by atoms with Crippen LogP contribution in [0.1, 0.15) is 27.5 Å². The van der Waals surface area contributed by atoms with Gasteiger partial charge in [-0.05, 0) is 19.1 Å². The second kappa shape index (κ2) is 3.61. The third kappa shape index (κ3) is 1.76. The molecular formula is C10H10N2O3. The number of nitrogens with one attached hydrogen (secondary N) is 1. The molecule has 5 nitrogen and oxygen atoms in total. The summed E-state index contributed by atoms with van der Waals surface area (Å²) in [6.07, 6.45) is 2.00. The molecule has 0 radical (unpaired) electrons. The summed E-state index contributed by atoms with van der Waals surface area (Å²) >= 11 is 0. The summed E-state index contributed by atoms with van der Waals surface area (Å²) in [6.45, 7) is 1.79. The quantitative estimate of drug-likeness (QED) is 0.799. The van der Waals surface area contributed by atoms with Crippen molar-refractivity contribution in [3.63, 3.8) is 0 Å². The molecule has 15 heavy (non-hydrogen) atoms. The van der Waals surface area contributed by atoms with Crippen LogP contribution in [0.5, 0.6) is 0 Å². The van der Waals surface area contributed by atoms with Crippen LogP contribution in [0.3, 0.4) is 0 Å². The van der Waals surface area contributed by atoms with Gasteiger partial charge in [0.05, 0.1) is 6.26 Å². The molecule has 2 aromatic heterocycles. The Labute approximate surface area is 85.7 Å². The van der Waals surface area contributed by atoms with Crippen LogP contribution in [-0.4, -0.2) is 21.3 Å². The summed E-state index contributed by atoms with van der Waals surface area (Å²) in [5.74, 6) is -0.303. The molecule has 0 unspecified atom stereocenters. The minimum absolute atomic E-state index is 0.0592. The van der Waals surface area contributed by atoms with Crippen molar-refractivity contribution in [3.05, 3.63) is 41.1 Å². The number of aryl methyl sites for hydroxylation is 1. The Morgan fingerprint density at radius 1 is 1.67 bits per heavy atom. The number of furan rings is 1. The molecule has 0 saturated carbocycles. The number of aromatic nitrogens is 2. The van der Waals surface area contributed by atoms with Crippen LogP contribution in [0, 0.1) is 6.92 Å². The predicted octanol–water partition coefficient (Wildman–Crippen LogP) is 1.60. The summed E-state index contributed by atoms with van der Waals surface area (Å²) in [7, 11) is 0. The fraction of sp³-hybridized carbons (Fsp3) is 0.200. The van der Waals surface area contributed by atoms with E-state index in [2.05, 4.69) is 10.2 Å². The van der Waals surface area contributed by atoms with E-state index in [0.29, 0.717) is 12.0 Å². The standard InChI is InChI=1S/C10H10N2O3/c1-6-8(5-7-3-2-4-15-7)9(10(13)14)12-11-6/h2-4H,5H2,1H3,(H,11,12)(H,13,14). The number of aromatic amines is 1. The van der Waals surface area contributed by atoms with Gasteiger partial charge in [0, 0.05) is 17.7 Å². The Bertz CT molecular complexity index is 471. The van der Waals surface area contributed by atoms with Crippen molar-refractivity contribution in [3.8, 4) is 0 Å². The van der Waals surface area contributed by atoms with E-state index in [9.17, 15) is 4.79 Å². The Hall–Kier alpha value is -2.04. The van der Waals surface area contributed by atoms with Crippen molar-refractivity contribution >= 4 is 5.97 Å². The summed E-state index contributed by atoms with van der Waals surface area (Å²) in [5.41, 5.74) is 1.48. The lowest BCUT2D eigenvalue weighted by atomic mass is 10.1. The maximum atomic E-state index is 10.9. The minimum atomic E-state index is -1.03. The summed E-state index contributed by atoms with van der Waals surface area (Å²) in [5, 5.41) is 15.3. The first-order chi connectivity index (χ1) is 7.18. The first kappa shape index (κ1) is 9.51. The zero-order chi connectivity index (χ0) is 10.8. The van der Waals surface area contributed by atoms with Crippen LogP contribution in [0.25, 0.3) is 0 Å². The number of H-pyrrole nitrogens is 1. The molecule has 0 aromatic carbocycles. The lowest BCUT2D eigenvalue weighted by molar-refractivity contribution is 0.0689. The highest BCUT2D eigenvalue weighted by Gasteiger charge is 2.17. The molecule has 2 N–H and O–H groups in total. The van der Waals surface area contributed by atoms with Gasteiger partial charge in [-0.2, -0.15) is 5.10 Å². The lowest BCUT2D eigenvalue weighted by Crippen LogP contribution is -2.02. The van der Waals surface area contributed by atoms with Gasteiger partial charge in [-0.1, -0.05) is 0 Å². The lowest BCUT2D eigenvalue weighted by Gasteiger charge is -1.97. The van der Waals surface area contributed by atoms with Gasteiger partial charge < -0.3 is 9.52 Å². The Balaban J connectivity index is 2.35. The van der Waals surface area contributed by atoms with Crippen LogP contribution >= 0.6 is 0 Å². The van der Waals surface area contributed by atoms with E-state index in [4.69, 9.17) is 9.52 Å². The SMILES string of the molecule is Cc1[nH]nc(C(=O)O)c1Cc1ccco1. The average molecular weight is 206 g/mol. The van der Waals surface area contributed by atoms with Gasteiger partial charge in [-0.25, -0.2) is 4.79 Å². The third-order valence-corrected chi connectivity index (χ3v) is 2.21. The molecular weight excluding hydrogens is 196 g/mol. The number of hydrogen-bond donors (Lipinski definition) is 2. The van der Waals surface area contributed by atoms with Crippen LogP contribution in [0.15, 0.2) is 22.8 Å².